The Balaban J connectivity index is 1.26. The number of nitrogens with zero attached hydrogens (tertiary/aromatic N) is 1. The normalized spacial score (nSPS) is 12.2. The average Bonchev–Trinajstić information content (AvgIpc) is 3.39. The van der Waals surface area contributed by atoms with Crippen molar-refractivity contribution < 1.29 is 53.0 Å². The highest BCUT2D eigenvalue weighted by Gasteiger charge is 2.42. The summed E-state index contributed by atoms with van der Waals surface area (Å²) in [5.41, 5.74) is -3.62. The van der Waals surface area contributed by atoms with Crippen molar-refractivity contribution in [3.05, 3.63) is 130 Å². The molecule has 14 heteroatoms. The molecule has 1 heterocycles. The minimum absolute atomic E-state index is 0.0638. The predicted molar refractivity (Wildman–Crippen MR) is 156 cm³/mol. The SMILES string of the molecule is Cc1ccc(-c2ccc3nc(-c4cc(F)c(C(F)(F)Oc5ccc(-c6cc(F)c(C(F)(F)F)c(F)c6)c(F)c5)c(F)c4)sc3c2)c(F)c1. The number of hydrogen-bond donors (Lipinski definition) is 0. The van der Waals surface area contributed by atoms with Gasteiger partial charge in [0.1, 0.15) is 56.8 Å². The van der Waals surface area contributed by atoms with Crippen LogP contribution in [0.3, 0.4) is 0 Å². The van der Waals surface area contributed by atoms with Crippen LogP contribution in [0.4, 0.5) is 48.3 Å². The summed E-state index contributed by atoms with van der Waals surface area (Å²) in [6, 6.07) is 12.8. The van der Waals surface area contributed by atoms with E-state index in [2.05, 4.69) is 9.72 Å². The number of rotatable bonds is 6. The minimum atomic E-state index is -5.38. The van der Waals surface area contributed by atoms with Gasteiger partial charge in [-0.15, -0.1) is 11.3 Å². The van der Waals surface area contributed by atoms with E-state index in [1.807, 2.05) is 0 Å². The fourth-order valence-corrected chi connectivity index (χ4v) is 6.03. The standard InChI is InChI=1S/C34H16F11NOS/c1-15-2-5-20(22(35)8-15)16-3-7-28-29(13-16)48-32(46-28)18-11-26(39)31(27(40)12-18)34(44,45)47-19-4-6-21(23(36)14-19)17-9-24(37)30(25(38)10-17)33(41,42)43/h2-14H,1H3. The summed E-state index contributed by atoms with van der Waals surface area (Å²) in [6.07, 6.45) is -10.1. The Morgan fingerprint density at radius 3 is 1.73 bits per heavy atom. The lowest BCUT2D eigenvalue weighted by atomic mass is 10.0. The van der Waals surface area contributed by atoms with E-state index in [4.69, 9.17) is 0 Å². The Labute approximate surface area is 267 Å². The molecule has 0 spiro atoms. The molecule has 0 saturated heterocycles. The lowest BCUT2D eigenvalue weighted by Gasteiger charge is -2.20. The molecule has 246 valence electrons. The Morgan fingerprint density at radius 1 is 0.562 bits per heavy atom. The number of ether oxygens (including phenoxy) is 1. The second-order valence-corrected chi connectivity index (χ2v) is 11.6. The zero-order chi connectivity index (χ0) is 34.7. The monoisotopic (exact) mass is 695 g/mol. The van der Waals surface area contributed by atoms with E-state index in [9.17, 15) is 30.7 Å². The topological polar surface area (TPSA) is 22.1 Å². The second kappa shape index (κ2) is 11.9. The fraction of sp³-hybridized carbons (Fsp3) is 0.0882. The maximum absolute atomic E-state index is 15.1. The third-order valence-electron chi connectivity index (χ3n) is 7.23. The minimum Gasteiger partial charge on any atom is -0.429 e. The first kappa shape index (κ1) is 32.9. The molecule has 0 bridgehead atoms. The molecule has 48 heavy (non-hydrogen) atoms. The highest BCUT2D eigenvalue weighted by molar-refractivity contribution is 7.21. The van der Waals surface area contributed by atoms with Crippen molar-refractivity contribution in [1.82, 2.24) is 4.98 Å². The highest BCUT2D eigenvalue weighted by atomic mass is 32.1. The van der Waals surface area contributed by atoms with Crippen LogP contribution in [-0.2, 0) is 12.3 Å². The Bertz CT molecular complexity index is 2180. The fourth-order valence-electron chi connectivity index (χ4n) is 5.04. The van der Waals surface area contributed by atoms with Crippen LogP contribution in [0.2, 0.25) is 0 Å². The average molecular weight is 696 g/mol. The number of aromatic nitrogens is 1. The van der Waals surface area contributed by atoms with Gasteiger partial charge in [0.2, 0.25) is 0 Å². The molecule has 0 saturated carbocycles. The summed E-state index contributed by atoms with van der Waals surface area (Å²) in [7, 11) is 0. The second-order valence-electron chi connectivity index (χ2n) is 10.6. The summed E-state index contributed by atoms with van der Waals surface area (Å²) < 4.78 is 161. The van der Waals surface area contributed by atoms with Gasteiger partial charge in [-0.3, -0.25) is 0 Å². The maximum atomic E-state index is 15.1. The molecule has 6 rings (SSSR count). The largest absolute Gasteiger partial charge is 0.432 e. The van der Waals surface area contributed by atoms with E-state index >= 15 is 17.6 Å². The summed E-state index contributed by atoms with van der Waals surface area (Å²) in [5.74, 6) is -10.4. The molecule has 0 radical (unpaired) electrons. The van der Waals surface area contributed by atoms with Crippen LogP contribution in [0.1, 0.15) is 16.7 Å². The summed E-state index contributed by atoms with van der Waals surface area (Å²) >= 11 is 0.976. The Hall–Kier alpha value is -4.98. The van der Waals surface area contributed by atoms with E-state index in [-0.39, 0.29) is 22.7 Å². The van der Waals surface area contributed by atoms with Gasteiger partial charge in [0.15, 0.2) is 0 Å². The molecular weight excluding hydrogens is 679 g/mol. The molecule has 6 aromatic rings. The number of halogens is 11. The van der Waals surface area contributed by atoms with Gasteiger partial charge >= 0.3 is 12.3 Å². The number of fused-ring (bicyclic) bond motifs is 1. The third-order valence-corrected chi connectivity index (χ3v) is 8.29. The summed E-state index contributed by atoms with van der Waals surface area (Å²) in [4.78, 5) is 4.29. The Morgan fingerprint density at radius 2 is 1.12 bits per heavy atom. The van der Waals surface area contributed by atoms with Crippen molar-refractivity contribution in [2.45, 2.75) is 19.2 Å². The van der Waals surface area contributed by atoms with Crippen LogP contribution in [0, 0.1) is 41.8 Å². The van der Waals surface area contributed by atoms with Crippen molar-refractivity contribution in [2.75, 3.05) is 0 Å². The number of alkyl halides is 5. The van der Waals surface area contributed by atoms with Crippen molar-refractivity contribution >= 4 is 21.6 Å². The molecule has 0 fully saturated rings. The van der Waals surface area contributed by atoms with Crippen molar-refractivity contribution in [2.24, 2.45) is 0 Å². The van der Waals surface area contributed by atoms with Gasteiger partial charge in [-0.2, -0.15) is 22.0 Å². The zero-order valence-corrected chi connectivity index (χ0v) is 24.7. The quantitative estimate of drug-likeness (QED) is 0.162. The van der Waals surface area contributed by atoms with Gasteiger partial charge in [-0.05, 0) is 78.2 Å². The molecule has 0 amide bonds. The lowest BCUT2D eigenvalue weighted by Crippen LogP contribution is -2.25. The zero-order valence-electron chi connectivity index (χ0n) is 23.9. The van der Waals surface area contributed by atoms with Gasteiger partial charge in [0.25, 0.3) is 0 Å². The van der Waals surface area contributed by atoms with Crippen LogP contribution < -0.4 is 4.74 Å². The molecule has 0 unspecified atom stereocenters. The Kier molecular flexibility index (Phi) is 8.18. The molecule has 0 aliphatic rings. The van der Waals surface area contributed by atoms with Crippen LogP contribution in [0.25, 0.3) is 43.0 Å². The third kappa shape index (κ3) is 6.19. The summed E-state index contributed by atoms with van der Waals surface area (Å²) in [6.45, 7) is 1.73. The van der Waals surface area contributed by atoms with Crippen molar-refractivity contribution in [3.63, 3.8) is 0 Å². The molecule has 0 atom stereocenters. The van der Waals surface area contributed by atoms with Crippen LogP contribution >= 0.6 is 11.3 Å². The van der Waals surface area contributed by atoms with Gasteiger partial charge < -0.3 is 4.74 Å². The van der Waals surface area contributed by atoms with E-state index in [0.717, 1.165) is 16.9 Å². The highest BCUT2D eigenvalue weighted by Crippen LogP contribution is 2.41. The van der Waals surface area contributed by atoms with Gasteiger partial charge in [-0.1, -0.05) is 18.2 Å². The first-order valence-corrected chi connectivity index (χ1v) is 14.4. The molecule has 0 aliphatic heterocycles. The van der Waals surface area contributed by atoms with Crippen molar-refractivity contribution in [3.8, 4) is 38.6 Å². The van der Waals surface area contributed by atoms with Crippen LogP contribution in [0.15, 0.2) is 78.9 Å². The van der Waals surface area contributed by atoms with Crippen molar-refractivity contribution in [1.29, 1.82) is 0 Å². The molecule has 2 nitrogen and oxygen atoms in total. The molecule has 0 aliphatic carbocycles. The summed E-state index contributed by atoms with van der Waals surface area (Å²) in [5, 5.41) is 0.0638. The number of aryl methyl sites for hydroxylation is 1. The van der Waals surface area contributed by atoms with Gasteiger partial charge in [0.05, 0.1) is 10.2 Å². The van der Waals surface area contributed by atoms with E-state index in [1.165, 1.54) is 6.07 Å². The van der Waals surface area contributed by atoms with Crippen LogP contribution in [0.5, 0.6) is 5.75 Å². The predicted octanol–water partition coefficient (Wildman–Crippen LogP) is 11.6. The number of hydrogen-bond acceptors (Lipinski definition) is 3. The molecule has 5 aromatic carbocycles. The van der Waals surface area contributed by atoms with Crippen LogP contribution in [-0.4, -0.2) is 4.98 Å². The number of benzene rings is 5. The van der Waals surface area contributed by atoms with Gasteiger partial charge in [-0.25, -0.2) is 31.3 Å². The molecule has 0 N–H and O–H groups in total. The first-order valence-electron chi connectivity index (χ1n) is 13.6. The van der Waals surface area contributed by atoms with E-state index < -0.39 is 75.2 Å². The first-order chi connectivity index (χ1) is 22.5. The maximum Gasteiger partial charge on any atom is 0.432 e. The molecular formula is C34H16F11NOS. The van der Waals surface area contributed by atoms with E-state index in [0.29, 0.717) is 51.7 Å². The lowest BCUT2D eigenvalue weighted by molar-refractivity contribution is -0.189. The van der Waals surface area contributed by atoms with Gasteiger partial charge in [0, 0.05) is 22.8 Å². The molecule has 1 aromatic heterocycles. The van der Waals surface area contributed by atoms with E-state index in [1.54, 1.807) is 37.3 Å². The smallest absolute Gasteiger partial charge is 0.429 e. The number of thiazole rings is 1.